The molecule has 1 atom stereocenters. The average molecular weight is 237 g/mol. The number of hydrogen-bond acceptors (Lipinski definition) is 4. The van der Waals surface area contributed by atoms with Crippen LogP contribution in [0.3, 0.4) is 0 Å². The quantitative estimate of drug-likeness (QED) is 0.704. The lowest BCUT2D eigenvalue weighted by atomic mass is 10.3. The van der Waals surface area contributed by atoms with E-state index in [-0.39, 0.29) is 6.61 Å². The number of ether oxygens (including phenoxy) is 2. The number of para-hydroxylation sites is 2. The summed E-state index contributed by atoms with van der Waals surface area (Å²) in [6, 6.07) is 7.25. The van der Waals surface area contributed by atoms with Gasteiger partial charge < -0.3 is 20.3 Å². The second kappa shape index (κ2) is 5.89. The van der Waals surface area contributed by atoms with Crippen molar-refractivity contribution in [3.05, 3.63) is 24.3 Å². The van der Waals surface area contributed by atoms with Crippen LogP contribution in [0.4, 0.5) is 5.69 Å². The van der Waals surface area contributed by atoms with E-state index in [2.05, 4.69) is 0 Å². The Balaban J connectivity index is 1.64. The Morgan fingerprint density at radius 1 is 1.29 bits per heavy atom. The molecule has 0 aromatic heterocycles. The van der Waals surface area contributed by atoms with Gasteiger partial charge in [0, 0.05) is 6.61 Å². The van der Waals surface area contributed by atoms with E-state index in [9.17, 15) is 5.11 Å². The van der Waals surface area contributed by atoms with E-state index < -0.39 is 6.10 Å². The highest BCUT2D eigenvalue weighted by atomic mass is 16.5. The van der Waals surface area contributed by atoms with Gasteiger partial charge in [-0.3, -0.25) is 0 Å². The molecule has 0 aliphatic heterocycles. The number of hydrogen-bond donors (Lipinski definition) is 2. The lowest BCUT2D eigenvalue weighted by Crippen LogP contribution is -2.24. The second-order valence-electron chi connectivity index (χ2n) is 4.48. The molecule has 0 amide bonds. The van der Waals surface area contributed by atoms with Gasteiger partial charge in [-0.25, -0.2) is 0 Å². The molecule has 1 saturated carbocycles. The zero-order valence-corrected chi connectivity index (χ0v) is 9.84. The maximum Gasteiger partial charge on any atom is 0.142 e. The van der Waals surface area contributed by atoms with E-state index in [4.69, 9.17) is 15.2 Å². The maximum absolute atomic E-state index is 9.64. The molecule has 0 saturated heterocycles. The number of rotatable bonds is 7. The summed E-state index contributed by atoms with van der Waals surface area (Å²) in [5.74, 6) is 1.32. The molecule has 1 fully saturated rings. The largest absolute Gasteiger partial charge is 0.489 e. The molecule has 1 aromatic rings. The summed E-state index contributed by atoms with van der Waals surface area (Å²) in [5.41, 5.74) is 6.30. The number of nitrogens with two attached hydrogens (primary N) is 1. The van der Waals surface area contributed by atoms with Crippen molar-refractivity contribution < 1.29 is 14.6 Å². The molecule has 2 rings (SSSR count). The van der Waals surface area contributed by atoms with Crippen molar-refractivity contribution in [1.82, 2.24) is 0 Å². The van der Waals surface area contributed by atoms with E-state index in [1.807, 2.05) is 12.1 Å². The first-order valence-electron chi connectivity index (χ1n) is 5.99. The Hall–Kier alpha value is -1.26. The first kappa shape index (κ1) is 12.2. The molecule has 17 heavy (non-hydrogen) atoms. The molecule has 3 N–H and O–H groups in total. The van der Waals surface area contributed by atoms with Gasteiger partial charge in [0.15, 0.2) is 0 Å². The van der Waals surface area contributed by atoms with Gasteiger partial charge in [-0.2, -0.15) is 0 Å². The number of benzene rings is 1. The minimum Gasteiger partial charge on any atom is -0.489 e. The SMILES string of the molecule is Nc1ccccc1OCC(O)COCC1CC1. The molecule has 0 heterocycles. The predicted molar refractivity (Wildman–Crippen MR) is 65.9 cm³/mol. The van der Waals surface area contributed by atoms with Gasteiger partial charge in [-0.05, 0) is 30.9 Å². The smallest absolute Gasteiger partial charge is 0.142 e. The van der Waals surface area contributed by atoms with Crippen LogP contribution < -0.4 is 10.5 Å². The standard InChI is InChI=1S/C13H19NO3/c14-12-3-1-2-4-13(12)17-9-11(15)8-16-7-10-5-6-10/h1-4,10-11,15H,5-9,14H2. The van der Waals surface area contributed by atoms with E-state index >= 15 is 0 Å². The summed E-state index contributed by atoms with van der Waals surface area (Å²) in [4.78, 5) is 0. The number of nitrogen functional groups attached to an aromatic ring is 1. The van der Waals surface area contributed by atoms with Crippen molar-refractivity contribution in [1.29, 1.82) is 0 Å². The fourth-order valence-electron chi connectivity index (χ4n) is 1.50. The minimum atomic E-state index is -0.603. The molecule has 1 aliphatic rings. The van der Waals surface area contributed by atoms with Crippen molar-refractivity contribution in [3.63, 3.8) is 0 Å². The third-order valence-electron chi connectivity index (χ3n) is 2.71. The molecule has 1 aliphatic carbocycles. The van der Waals surface area contributed by atoms with Crippen LogP contribution >= 0.6 is 0 Å². The lowest BCUT2D eigenvalue weighted by Gasteiger charge is -2.13. The third kappa shape index (κ3) is 4.24. The lowest BCUT2D eigenvalue weighted by molar-refractivity contribution is 0.00886. The van der Waals surface area contributed by atoms with Crippen molar-refractivity contribution in [2.24, 2.45) is 5.92 Å². The van der Waals surface area contributed by atoms with Crippen molar-refractivity contribution in [3.8, 4) is 5.75 Å². The molecule has 0 bridgehead atoms. The summed E-state index contributed by atoms with van der Waals surface area (Å²) in [6.45, 7) is 1.28. The third-order valence-corrected chi connectivity index (χ3v) is 2.71. The van der Waals surface area contributed by atoms with Gasteiger partial charge in [0.1, 0.15) is 18.5 Å². The molecule has 1 unspecified atom stereocenters. The first-order valence-corrected chi connectivity index (χ1v) is 5.99. The van der Waals surface area contributed by atoms with Gasteiger partial charge in [0.25, 0.3) is 0 Å². The van der Waals surface area contributed by atoms with Crippen molar-refractivity contribution in [2.75, 3.05) is 25.6 Å². The molecule has 1 aromatic carbocycles. The highest BCUT2D eigenvalue weighted by Gasteiger charge is 2.21. The summed E-state index contributed by atoms with van der Waals surface area (Å²) >= 11 is 0. The molecule has 4 heteroatoms. The molecular weight excluding hydrogens is 218 g/mol. The summed E-state index contributed by atoms with van der Waals surface area (Å²) in [7, 11) is 0. The van der Waals surface area contributed by atoms with Gasteiger partial charge in [0.05, 0.1) is 12.3 Å². The Kier molecular flexibility index (Phi) is 4.23. The van der Waals surface area contributed by atoms with E-state index in [0.717, 1.165) is 6.61 Å². The molecule has 0 spiro atoms. The highest BCUT2D eigenvalue weighted by molar-refractivity contribution is 5.51. The van der Waals surface area contributed by atoms with Gasteiger partial charge in [0.2, 0.25) is 0 Å². The average Bonchev–Trinajstić information content (AvgIpc) is 3.12. The Labute approximate surface area is 101 Å². The van der Waals surface area contributed by atoms with E-state index in [0.29, 0.717) is 24.0 Å². The Morgan fingerprint density at radius 3 is 2.76 bits per heavy atom. The van der Waals surface area contributed by atoms with E-state index in [1.165, 1.54) is 12.8 Å². The van der Waals surface area contributed by atoms with Gasteiger partial charge >= 0.3 is 0 Å². The van der Waals surface area contributed by atoms with Crippen LogP contribution in [-0.4, -0.2) is 31.0 Å². The molecule has 94 valence electrons. The zero-order valence-electron chi connectivity index (χ0n) is 9.84. The monoisotopic (exact) mass is 237 g/mol. The Morgan fingerprint density at radius 2 is 2.06 bits per heavy atom. The predicted octanol–water partition coefficient (Wildman–Crippen LogP) is 1.44. The highest BCUT2D eigenvalue weighted by Crippen LogP contribution is 2.28. The van der Waals surface area contributed by atoms with Gasteiger partial charge in [-0.15, -0.1) is 0 Å². The number of anilines is 1. The van der Waals surface area contributed by atoms with Crippen LogP contribution in [0.15, 0.2) is 24.3 Å². The van der Waals surface area contributed by atoms with Crippen LogP contribution in [-0.2, 0) is 4.74 Å². The van der Waals surface area contributed by atoms with Crippen molar-refractivity contribution in [2.45, 2.75) is 18.9 Å². The van der Waals surface area contributed by atoms with Crippen LogP contribution in [0.1, 0.15) is 12.8 Å². The minimum absolute atomic E-state index is 0.207. The molecule has 4 nitrogen and oxygen atoms in total. The molecule has 0 radical (unpaired) electrons. The molecular formula is C13H19NO3. The van der Waals surface area contributed by atoms with E-state index in [1.54, 1.807) is 12.1 Å². The second-order valence-corrected chi connectivity index (χ2v) is 4.48. The topological polar surface area (TPSA) is 64.7 Å². The zero-order chi connectivity index (χ0) is 12.1. The van der Waals surface area contributed by atoms with Crippen LogP contribution in [0.25, 0.3) is 0 Å². The van der Waals surface area contributed by atoms with Crippen LogP contribution in [0.5, 0.6) is 5.75 Å². The number of aliphatic hydroxyl groups is 1. The van der Waals surface area contributed by atoms with Crippen LogP contribution in [0.2, 0.25) is 0 Å². The summed E-state index contributed by atoms with van der Waals surface area (Å²) in [6.07, 6.45) is 1.91. The maximum atomic E-state index is 9.64. The van der Waals surface area contributed by atoms with Crippen LogP contribution in [0, 0.1) is 5.92 Å². The summed E-state index contributed by atoms with van der Waals surface area (Å²) in [5, 5.41) is 9.64. The number of aliphatic hydroxyl groups excluding tert-OH is 1. The summed E-state index contributed by atoms with van der Waals surface area (Å²) < 4.78 is 10.8. The first-order chi connectivity index (χ1) is 8.25. The fourth-order valence-corrected chi connectivity index (χ4v) is 1.50. The van der Waals surface area contributed by atoms with Gasteiger partial charge in [-0.1, -0.05) is 12.1 Å². The van der Waals surface area contributed by atoms with Crippen molar-refractivity contribution >= 4 is 5.69 Å². The normalized spacial score (nSPS) is 16.8. The Bertz CT molecular complexity index is 352. The fraction of sp³-hybridized carbons (Fsp3) is 0.538.